The Balaban J connectivity index is 3.64. The van der Waals surface area contributed by atoms with Crippen molar-refractivity contribution in [2.75, 3.05) is 6.61 Å². The molecule has 4 nitrogen and oxygen atoms in total. The predicted molar refractivity (Wildman–Crippen MR) is 62.4 cm³/mol. The molecule has 0 aliphatic heterocycles. The van der Waals surface area contributed by atoms with E-state index in [-0.39, 0.29) is 12.7 Å². The van der Waals surface area contributed by atoms with E-state index in [1.807, 2.05) is 6.92 Å². The number of carboxylic acid groups (broad SMARTS) is 1. The summed E-state index contributed by atoms with van der Waals surface area (Å²) in [5.41, 5.74) is -1.78. The zero-order valence-electron chi connectivity index (χ0n) is 10.5. The van der Waals surface area contributed by atoms with E-state index in [1.165, 1.54) is 26.2 Å². The molecule has 0 heterocycles. The molecule has 0 saturated heterocycles. The van der Waals surface area contributed by atoms with Gasteiger partial charge in [0.15, 0.2) is 5.60 Å². The highest BCUT2D eigenvalue weighted by Crippen LogP contribution is 2.11. The summed E-state index contributed by atoms with van der Waals surface area (Å²) in [6.07, 6.45) is 5.60. The molecule has 0 aliphatic rings. The van der Waals surface area contributed by atoms with Crippen LogP contribution in [-0.2, 0) is 9.53 Å². The first-order chi connectivity index (χ1) is 7.40. The molecule has 0 aromatic heterocycles. The van der Waals surface area contributed by atoms with Gasteiger partial charge in [0.05, 0.1) is 12.7 Å². The lowest BCUT2D eigenvalue weighted by molar-refractivity contribution is -0.164. The van der Waals surface area contributed by atoms with Gasteiger partial charge in [0.25, 0.3) is 0 Å². The predicted octanol–water partition coefficient (Wildman–Crippen LogP) is 2.20. The largest absolute Gasteiger partial charge is 0.479 e. The van der Waals surface area contributed by atoms with E-state index < -0.39 is 11.6 Å². The molecule has 2 unspecified atom stereocenters. The lowest BCUT2D eigenvalue weighted by Gasteiger charge is -2.21. The van der Waals surface area contributed by atoms with Crippen molar-refractivity contribution in [2.45, 2.75) is 64.6 Å². The molecule has 0 rings (SSSR count). The summed E-state index contributed by atoms with van der Waals surface area (Å²) < 4.78 is 5.32. The highest BCUT2D eigenvalue weighted by molar-refractivity contribution is 5.76. The third kappa shape index (κ3) is 6.80. The molecule has 0 saturated carbocycles. The smallest absolute Gasteiger partial charge is 0.337 e. The van der Waals surface area contributed by atoms with Crippen LogP contribution in [0.4, 0.5) is 0 Å². The molecule has 0 fully saturated rings. The highest BCUT2D eigenvalue weighted by atomic mass is 16.5. The lowest BCUT2D eigenvalue weighted by atomic mass is 10.1. The van der Waals surface area contributed by atoms with Crippen LogP contribution in [0, 0.1) is 0 Å². The second kappa shape index (κ2) is 7.63. The summed E-state index contributed by atoms with van der Waals surface area (Å²) in [5.74, 6) is -1.24. The van der Waals surface area contributed by atoms with Crippen LogP contribution in [0.15, 0.2) is 0 Å². The molecule has 0 aromatic carbocycles. The number of carboxylic acids is 1. The minimum absolute atomic E-state index is 0.00248. The maximum Gasteiger partial charge on any atom is 0.337 e. The summed E-state index contributed by atoms with van der Waals surface area (Å²) in [6, 6.07) is 0. The van der Waals surface area contributed by atoms with Gasteiger partial charge < -0.3 is 14.9 Å². The Bertz CT molecular complexity index is 201. The third-order valence-electron chi connectivity index (χ3n) is 2.57. The Labute approximate surface area is 97.6 Å². The van der Waals surface area contributed by atoms with E-state index in [9.17, 15) is 9.90 Å². The van der Waals surface area contributed by atoms with Crippen LogP contribution < -0.4 is 0 Å². The normalized spacial score (nSPS) is 16.8. The maximum absolute atomic E-state index is 10.6. The van der Waals surface area contributed by atoms with E-state index >= 15 is 0 Å². The fourth-order valence-electron chi connectivity index (χ4n) is 1.31. The standard InChI is InChI=1S/C12H24O4/c1-4-5-6-7-8-10(2)16-9-12(3,15)11(13)14/h10,15H,4-9H2,1-3H3,(H,13,14). The minimum atomic E-state index is -1.78. The topological polar surface area (TPSA) is 66.8 Å². The van der Waals surface area contributed by atoms with Crippen LogP contribution in [0.1, 0.15) is 52.9 Å². The van der Waals surface area contributed by atoms with Crippen molar-refractivity contribution >= 4 is 5.97 Å². The average Bonchev–Trinajstić information content (AvgIpc) is 2.21. The Hall–Kier alpha value is -0.610. The maximum atomic E-state index is 10.6. The van der Waals surface area contributed by atoms with E-state index in [2.05, 4.69) is 6.92 Å². The van der Waals surface area contributed by atoms with E-state index in [1.54, 1.807) is 0 Å². The number of carbonyl (C=O) groups is 1. The molecule has 16 heavy (non-hydrogen) atoms. The van der Waals surface area contributed by atoms with Gasteiger partial charge in [-0.3, -0.25) is 0 Å². The van der Waals surface area contributed by atoms with Gasteiger partial charge in [-0.2, -0.15) is 0 Å². The number of unbranched alkanes of at least 4 members (excludes halogenated alkanes) is 3. The molecule has 0 spiro atoms. The molecule has 2 N–H and O–H groups in total. The van der Waals surface area contributed by atoms with E-state index in [4.69, 9.17) is 9.84 Å². The van der Waals surface area contributed by atoms with Crippen molar-refractivity contribution in [3.8, 4) is 0 Å². The highest BCUT2D eigenvalue weighted by Gasteiger charge is 2.30. The SMILES string of the molecule is CCCCCCC(C)OCC(C)(O)C(=O)O. The zero-order valence-corrected chi connectivity index (χ0v) is 10.5. The number of hydrogen-bond acceptors (Lipinski definition) is 3. The molecular formula is C12H24O4. The molecule has 0 aliphatic carbocycles. The Morgan fingerprint density at radius 1 is 1.38 bits per heavy atom. The fraction of sp³-hybridized carbons (Fsp3) is 0.917. The quantitative estimate of drug-likeness (QED) is 0.598. The number of rotatable bonds is 9. The second-order valence-corrected chi connectivity index (χ2v) is 4.55. The fourth-order valence-corrected chi connectivity index (χ4v) is 1.31. The Kier molecular flexibility index (Phi) is 7.34. The summed E-state index contributed by atoms with van der Waals surface area (Å²) in [7, 11) is 0. The lowest BCUT2D eigenvalue weighted by Crippen LogP contribution is -2.40. The third-order valence-corrected chi connectivity index (χ3v) is 2.57. The van der Waals surface area contributed by atoms with Crippen LogP contribution in [-0.4, -0.2) is 34.5 Å². The number of aliphatic hydroxyl groups is 1. The van der Waals surface area contributed by atoms with Crippen molar-refractivity contribution in [3.05, 3.63) is 0 Å². The summed E-state index contributed by atoms with van der Waals surface area (Å²) >= 11 is 0. The number of aliphatic carboxylic acids is 1. The first-order valence-electron chi connectivity index (χ1n) is 5.97. The van der Waals surface area contributed by atoms with E-state index in [0.717, 1.165) is 12.8 Å². The van der Waals surface area contributed by atoms with Gasteiger partial charge in [-0.15, -0.1) is 0 Å². The van der Waals surface area contributed by atoms with Crippen molar-refractivity contribution in [3.63, 3.8) is 0 Å². The molecule has 0 aromatic rings. The molecule has 0 radical (unpaired) electrons. The van der Waals surface area contributed by atoms with Gasteiger partial charge in [0, 0.05) is 0 Å². The van der Waals surface area contributed by atoms with Crippen LogP contribution in [0.5, 0.6) is 0 Å². The molecule has 4 heteroatoms. The molecule has 0 bridgehead atoms. The van der Waals surface area contributed by atoms with Crippen LogP contribution in [0.25, 0.3) is 0 Å². The van der Waals surface area contributed by atoms with Crippen LogP contribution in [0.2, 0.25) is 0 Å². The van der Waals surface area contributed by atoms with Crippen molar-refractivity contribution in [1.82, 2.24) is 0 Å². The second-order valence-electron chi connectivity index (χ2n) is 4.55. The van der Waals surface area contributed by atoms with E-state index in [0.29, 0.717) is 0 Å². The summed E-state index contributed by atoms with van der Waals surface area (Å²) in [4.78, 5) is 10.6. The first kappa shape index (κ1) is 15.4. The summed E-state index contributed by atoms with van der Waals surface area (Å²) in [6.45, 7) is 5.16. The van der Waals surface area contributed by atoms with Crippen LogP contribution >= 0.6 is 0 Å². The number of ether oxygens (including phenoxy) is 1. The van der Waals surface area contributed by atoms with Gasteiger partial charge in [-0.25, -0.2) is 4.79 Å². The zero-order chi connectivity index (χ0) is 12.6. The monoisotopic (exact) mass is 232 g/mol. The van der Waals surface area contributed by atoms with Gasteiger partial charge in [-0.05, 0) is 20.3 Å². The van der Waals surface area contributed by atoms with Gasteiger partial charge in [0.2, 0.25) is 0 Å². The van der Waals surface area contributed by atoms with Gasteiger partial charge in [-0.1, -0.05) is 32.6 Å². The van der Waals surface area contributed by atoms with Crippen LogP contribution in [0.3, 0.4) is 0 Å². The molecule has 0 amide bonds. The van der Waals surface area contributed by atoms with Gasteiger partial charge in [0.1, 0.15) is 0 Å². The number of hydrogen-bond donors (Lipinski definition) is 2. The minimum Gasteiger partial charge on any atom is -0.479 e. The first-order valence-corrected chi connectivity index (χ1v) is 5.97. The summed E-state index contributed by atoms with van der Waals surface area (Å²) in [5, 5.41) is 18.1. The van der Waals surface area contributed by atoms with Crippen molar-refractivity contribution < 1.29 is 19.7 Å². The average molecular weight is 232 g/mol. The Morgan fingerprint density at radius 2 is 2.00 bits per heavy atom. The molecule has 96 valence electrons. The van der Waals surface area contributed by atoms with Crippen molar-refractivity contribution in [1.29, 1.82) is 0 Å². The molecular weight excluding hydrogens is 208 g/mol. The Morgan fingerprint density at radius 3 is 2.50 bits per heavy atom. The molecule has 2 atom stereocenters. The van der Waals surface area contributed by atoms with Gasteiger partial charge >= 0.3 is 5.97 Å². The van der Waals surface area contributed by atoms with Crippen molar-refractivity contribution in [2.24, 2.45) is 0 Å².